The molecule has 6 heteroatoms. The number of rotatable bonds is 54. The fourth-order valence-corrected chi connectivity index (χ4v) is 8.49. The molecular weight excluding hydrogens is 853 g/mol. The van der Waals surface area contributed by atoms with Gasteiger partial charge in [0, 0.05) is 19.3 Å². The van der Waals surface area contributed by atoms with Crippen LogP contribution in [0.25, 0.3) is 0 Å². The van der Waals surface area contributed by atoms with E-state index >= 15 is 0 Å². The summed E-state index contributed by atoms with van der Waals surface area (Å²) >= 11 is 0. The second-order valence-electron chi connectivity index (χ2n) is 19.9. The quantitative estimate of drug-likeness (QED) is 0.0262. The maximum atomic E-state index is 12.8. The highest BCUT2D eigenvalue weighted by molar-refractivity contribution is 5.71. The summed E-state index contributed by atoms with van der Waals surface area (Å²) in [5.74, 6) is -0.884. The molecule has 6 nitrogen and oxygen atoms in total. The molecule has 0 saturated heterocycles. The van der Waals surface area contributed by atoms with Crippen molar-refractivity contribution in [3.05, 3.63) is 60.8 Å². The molecule has 0 spiro atoms. The van der Waals surface area contributed by atoms with Crippen LogP contribution in [0.15, 0.2) is 60.8 Å². The van der Waals surface area contributed by atoms with Gasteiger partial charge >= 0.3 is 17.9 Å². The lowest BCUT2D eigenvalue weighted by Gasteiger charge is -2.18. The molecule has 1 atom stereocenters. The van der Waals surface area contributed by atoms with Crippen LogP contribution in [-0.4, -0.2) is 37.2 Å². The zero-order chi connectivity index (χ0) is 50.0. The number of ether oxygens (including phenoxy) is 3. The van der Waals surface area contributed by atoms with E-state index in [-0.39, 0.29) is 31.1 Å². The van der Waals surface area contributed by atoms with Gasteiger partial charge in [0.15, 0.2) is 6.10 Å². The van der Waals surface area contributed by atoms with Gasteiger partial charge in [-0.15, -0.1) is 0 Å². The van der Waals surface area contributed by atoms with Gasteiger partial charge in [0.1, 0.15) is 13.2 Å². The number of carbonyl (C=O) groups excluding carboxylic acids is 3. The van der Waals surface area contributed by atoms with E-state index in [9.17, 15) is 14.4 Å². The molecule has 0 aliphatic heterocycles. The van der Waals surface area contributed by atoms with Gasteiger partial charge in [-0.3, -0.25) is 14.4 Å². The minimum absolute atomic E-state index is 0.0777. The Morgan fingerprint density at radius 1 is 0.290 bits per heavy atom. The molecule has 1 unspecified atom stereocenters. The van der Waals surface area contributed by atoms with E-state index < -0.39 is 6.10 Å². The van der Waals surface area contributed by atoms with Gasteiger partial charge in [0.2, 0.25) is 0 Å². The first-order valence-electron chi connectivity index (χ1n) is 29.8. The first-order chi connectivity index (χ1) is 34.0. The van der Waals surface area contributed by atoms with Crippen LogP contribution in [0.1, 0.15) is 303 Å². The number of allylic oxidation sites excluding steroid dienone is 10. The van der Waals surface area contributed by atoms with Crippen LogP contribution in [0.2, 0.25) is 0 Å². The lowest BCUT2D eigenvalue weighted by atomic mass is 10.0. The second-order valence-corrected chi connectivity index (χ2v) is 19.9. The molecule has 0 aromatic rings. The summed E-state index contributed by atoms with van der Waals surface area (Å²) in [6.45, 7) is 6.57. The average molecular weight is 966 g/mol. The van der Waals surface area contributed by atoms with E-state index in [2.05, 4.69) is 81.5 Å². The second kappa shape index (κ2) is 57.7. The summed E-state index contributed by atoms with van der Waals surface area (Å²) in [5.41, 5.74) is 0. The maximum absolute atomic E-state index is 12.8. The van der Waals surface area contributed by atoms with Gasteiger partial charge < -0.3 is 14.2 Å². The van der Waals surface area contributed by atoms with Crippen molar-refractivity contribution in [2.24, 2.45) is 0 Å². The van der Waals surface area contributed by atoms with Gasteiger partial charge in [0.05, 0.1) is 0 Å². The summed E-state index contributed by atoms with van der Waals surface area (Å²) in [5, 5.41) is 0. The van der Waals surface area contributed by atoms with E-state index in [0.29, 0.717) is 19.3 Å². The summed E-state index contributed by atoms with van der Waals surface area (Å²) < 4.78 is 16.8. The Hall–Kier alpha value is -2.89. The summed E-state index contributed by atoms with van der Waals surface area (Å²) in [6, 6.07) is 0. The molecule has 69 heavy (non-hydrogen) atoms. The first kappa shape index (κ1) is 66.1. The Morgan fingerprint density at radius 3 is 0.870 bits per heavy atom. The fourth-order valence-electron chi connectivity index (χ4n) is 8.49. The Balaban J connectivity index is 4.20. The van der Waals surface area contributed by atoms with Crippen LogP contribution < -0.4 is 0 Å². The van der Waals surface area contributed by atoms with Crippen molar-refractivity contribution in [3.8, 4) is 0 Å². The van der Waals surface area contributed by atoms with E-state index in [1.807, 2.05) is 0 Å². The summed E-state index contributed by atoms with van der Waals surface area (Å²) in [7, 11) is 0. The van der Waals surface area contributed by atoms with Crippen LogP contribution in [0.5, 0.6) is 0 Å². The Labute approximate surface area is 428 Å². The Bertz CT molecular complexity index is 1250. The van der Waals surface area contributed by atoms with Crippen molar-refractivity contribution in [2.75, 3.05) is 13.2 Å². The molecule has 0 fully saturated rings. The topological polar surface area (TPSA) is 78.9 Å². The van der Waals surface area contributed by atoms with Crippen LogP contribution >= 0.6 is 0 Å². The fraction of sp³-hybridized carbons (Fsp3) is 0.794. The van der Waals surface area contributed by atoms with E-state index in [0.717, 1.165) is 103 Å². The first-order valence-corrected chi connectivity index (χ1v) is 29.8. The molecular formula is C63H112O6. The molecule has 0 N–H and O–H groups in total. The smallest absolute Gasteiger partial charge is 0.306 e. The Kier molecular flexibility index (Phi) is 55.3. The lowest BCUT2D eigenvalue weighted by Crippen LogP contribution is -2.30. The molecule has 400 valence electrons. The summed E-state index contributed by atoms with van der Waals surface area (Å²) in [4.78, 5) is 38.1. The highest BCUT2D eigenvalue weighted by atomic mass is 16.6. The SMILES string of the molecule is CCC/C=C\C/C=C\CCCCCCCC(=O)OC(COC(=O)CCCCCCCCCCCCC)COC(=O)CCCCCCCCCCCCCC/C=C\C/C=C\C/C=C\CCCCCCC. The van der Waals surface area contributed by atoms with Crippen molar-refractivity contribution in [2.45, 2.75) is 309 Å². The normalized spacial score (nSPS) is 12.4. The standard InChI is InChI=1S/C63H112O6/c1-4-7-10-13-16-19-22-24-25-26-27-28-29-30-31-32-33-34-35-36-37-39-41-44-47-50-53-56-62(65)68-59-60(58-67-61(64)55-52-49-46-43-40-21-18-15-12-9-6-3)69-63(66)57-54-51-48-45-42-38-23-20-17-14-11-8-5-2/h11,14,20,22-24,26-27,29-30,60H,4-10,12-13,15-19,21,25,28,31-59H2,1-3H3/b14-11-,23-20-,24-22-,27-26-,30-29-. The van der Waals surface area contributed by atoms with Gasteiger partial charge in [-0.25, -0.2) is 0 Å². The molecule has 0 rings (SSSR count). The molecule has 0 radical (unpaired) electrons. The molecule has 0 amide bonds. The van der Waals surface area contributed by atoms with E-state index in [1.54, 1.807) is 0 Å². The molecule has 0 bridgehead atoms. The number of esters is 3. The molecule has 0 heterocycles. The van der Waals surface area contributed by atoms with Crippen LogP contribution in [0.4, 0.5) is 0 Å². The van der Waals surface area contributed by atoms with Crippen molar-refractivity contribution in [1.29, 1.82) is 0 Å². The number of unbranched alkanes of at least 4 members (excludes halogenated alkanes) is 33. The van der Waals surface area contributed by atoms with Gasteiger partial charge in [-0.2, -0.15) is 0 Å². The molecule has 0 aliphatic rings. The van der Waals surface area contributed by atoms with Gasteiger partial charge in [0.25, 0.3) is 0 Å². The van der Waals surface area contributed by atoms with Crippen molar-refractivity contribution < 1.29 is 28.6 Å². The molecule has 0 aromatic carbocycles. The van der Waals surface area contributed by atoms with Crippen molar-refractivity contribution >= 4 is 17.9 Å². The average Bonchev–Trinajstić information content (AvgIpc) is 3.35. The Morgan fingerprint density at radius 2 is 0.551 bits per heavy atom. The zero-order valence-electron chi connectivity index (χ0n) is 45.8. The monoisotopic (exact) mass is 965 g/mol. The largest absolute Gasteiger partial charge is 0.462 e. The number of carbonyl (C=O) groups is 3. The molecule has 0 aliphatic carbocycles. The minimum atomic E-state index is -0.779. The van der Waals surface area contributed by atoms with Crippen molar-refractivity contribution in [1.82, 2.24) is 0 Å². The third-order valence-electron chi connectivity index (χ3n) is 13.0. The van der Waals surface area contributed by atoms with Crippen LogP contribution in [-0.2, 0) is 28.6 Å². The van der Waals surface area contributed by atoms with Crippen LogP contribution in [0.3, 0.4) is 0 Å². The highest BCUT2D eigenvalue weighted by Gasteiger charge is 2.19. The van der Waals surface area contributed by atoms with Gasteiger partial charge in [-0.1, -0.05) is 261 Å². The van der Waals surface area contributed by atoms with E-state index in [1.165, 1.54) is 161 Å². The van der Waals surface area contributed by atoms with Gasteiger partial charge in [-0.05, 0) is 83.5 Å². The number of hydrogen-bond donors (Lipinski definition) is 0. The third-order valence-corrected chi connectivity index (χ3v) is 13.0. The lowest BCUT2D eigenvalue weighted by molar-refractivity contribution is -0.167. The van der Waals surface area contributed by atoms with Crippen LogP contribution in [0, 0.1) is 0 Å². The minimum Gasteiger partial charge on any atom is -0.462 e. The number of hydrogen-bond acceptors (Lipinski definition) is 6. The summed E-state index contributed by atoms with van der Waals surface area (Å²) in [6.07, 6.45) is 72.2. The molecule has 0 aromatic heterocycles. The zero-order valence-corrected chi connectivity index (χ0v) is 45.8. The highest BCUT2D eigenvalue weighted by Crippen LogP contribution is 2.16. The predicted octanol–water partition coefficient (Wildman–Crippen LogP) is 20.0. The van der Waals surface area contributed by atoms with Crippen molar-refractivity contribution in [3.63, 3.8) is 0 Å². The third kappa shape index (κ3) is 55.9. The van der Waals surface area contributed by atoms with E-state index in [4.69, 9.17) is 14.2 Å². The predicted molar refractivity (Wildman–Crippen MR) is 298 cm³/mol. The maximum Gasteiger partial charge on any atom is 0.306 e. The molecule has 0 saturated carbocycles.